The number of ether oxygens (including phenoxy) is 1. The number of methoxy groups -OCH3 is 1. The van der Waals surface area contributed by atoms with Gasteiger partial charge in [0, 0.05) is 13.1 Å². The standard InChI is InChI=1S/C18H20N2O2/c1-22-15-8-6-13(7-9-15)12-20-11-10-14-4-2-3-5-16(14)17(20)18(19)21/h2-9,17H,10-12H2,1H3,(H2,19,21). The SMILES string of the molecule is COc1ccc(CN2CCc3ccccc3C2C(N)=O)cc1. The van der Waals surface area contributed by atoms with Gasteiger partial charge in [0.1, 0.15) is 11.8 Å². The van der Waals surface area contributed by atoms with Gasteiger partial charge in [0.25, 0.3) is 0 Å². The number of rotatable bonds is 4. The minimum atomic E-state index is -0.355. The summed E-state index contributed by atoms with van der Waals surface area (Å²) in [5.74, 6) is 0.542. The molecule has 0 saturated heterocycles. The van der Waals surface area contributed by atoms with Crippen LogP contribution in [0.15, 0.2) is 48.5 Å². The predicted octanol–water partition coefficient (Wildman–Crippen LogP) is 2.28. The summed E-state index contributed by atoms with van der Waals surface area (Å²) in [6.45, 7) is 1.53. The van der Waals surface area contributed by atoms with Crippen LogP contribution in [0.4, 0.5) is 0 Å². The van der Waals surface area contributed by atoms with Gasteiger partial charge in [-0.3, -0.25) is 9.69 Å². The van der Waals surface area contributed by atoms with E-state index in [4.69, 9.17) is 10.5 Å². The smallest absolute Gasteiger partial charge is 0.239 e. The molecule has 1 amide bonds. The summed E-state index contributed by atoms with van der Waals surface area (Å²) < 4.78 is 5.18. The number of fused-ring (bicyclic) bond motifs is 1. The molecule has 1 heterocycles. The third-order valence-corrected chi connectivity index (χ3v) is 4.20. The Morgan fingerprint density at radius 3 is 2.64 bits per heavy atom. The molecule has 0 saturated carbocycles. The Morgan fingerprint density at radius 2 is 1.95 bits per heavy atom. The molecule has 2 aromatic rings. The molecule has 4 nitrogen and oxygen atoms in total. The number of nitrogens with two attached hydrogens (primary N) is 1. The molecule has 0 spiro atoms. The monoisotopic (exact) mass is 296 g/mol. The van der Waals surface area contributed by atoms with Gasteiger partial charge >= 0.3 is 0 Å². The molecule has 1 unspecified atom stereocenters. The molecule has 1 aliphatic heterocycles. The van der Waals surface area contributed by atoms with Gasteiger partial charge in [-0.15, -0.1) is 0 Å². The lowest BCUT2D eigenvalue weighted by molar-refractivity contribution is -0.124. The summed E-state index contributed by atoms with van der Waals surface area (Å²) in [5.41, 5.74) is 9.07. The zero-order chi connectivity index (χ0) is 15.5. The molecule has 2 aromatic carbocycles. The van der Waals surface area contributed by atoms with Crippen molar-refractivity contribution < 1.29 is 9.53 Å². The van der Waals surface area contributed by atoms with Gasteiger partial charge < -0.3 is 10.5 Å². The summed E-state index contributed by atoms with van der Waals surface area (Å²) in [6.07, 6.45) is 0.941. The van der Waals surface area contributed by atoms with Crippen molar-refractivity contribution in [3.8, 4) is 5.75 Å². The minimum absolute atomic E-state index is 0.291. The largest absolute Gasteiger partial charge is 0.497 e. The summed E-state index contributed by atoms with van der Waals surface area (Å²) in [4.78, 5) is 14.1. The average Bonchev–Trinajstić information content (AvgIpc) is 2.55. The summed E-state index contributed by atoms with van der Waals surface area (Å²) in [5, 5.41) is 0. The maximum Gasteiger partial charge on any atom is 0.239 e. The zero-order valence-electron chi connectivity index (χ0n) is 12.7. The lowest BCUT2D eigenvalue weighted by Crippen LogP contribution is -2.42. The molecule has 1 aliphatic rings. The first-order valence-electron chi connectivity index (χ1n) is 7.43. The number of amides is 1. The first-order valence-corrected chi connectivity index (χ1v) is 7.43. The first kappa shape index (κ1) is 14.6. The first-order chi connectivity index (χ1) is 10.7. The number of benzene rings is 2. The van der Waals surface area contributed by atoms with Crippen molar-refractivity contribution >= 4 is 5.91 Å². The predicted molar refractivity (Wildman–Crippen MR) is 85.5 cm³/mol. The van der Waals surface area contributed by atoms with Gasteiger partial charge in [0.2, 0.25) is 5.91 Å². The van der Waals surface area contributed by atoms with Crippen molar-refractivity contribution in [2.24, 2.45) is 5.73 Å². The van der Waals surface area contributed by atoms with E-state index in [2.05, 4.69) is 11.0 Å². The second kappa shape index (κ2) is 6.20. The fourth-order valence-corrected chi connectivity index (χ4v) is 3.09. The topological polar surface area (TPSA) is 55.6 Å². The van der Waals surface area contributed by atoms with Gasteiger partial charge in [-0.2, -0.15) is 0 Å². The van der Waals surface area contributed by atoms with Crippen LogP contribution < -0.4 is 10.5 Å². The number of carbonyl (C=O) groups is 1. The second-order valence-corrected chi connectivity index (χ2v) is 5.57. The van der Waals surface area contributed by atoms with Crippen LogP contribution in [0.2, 0.25) is 0 Å². The van der Waals surface area contributed by atoms with E-state index in [-0.39, 0.29) is 11.9 Å². The maximum atomic E-state index is 12.0. The van der Waals surface area contributed by atoms with Crippen LogP contribution in [-0.2, 0) is 17.8 Å². The highest BCUT2D eigenvalue weighted by Crippen LogP contribution is 2.30. The highest BCUT2D eigenvalue weighted by Gasteiger charge is 2.31. The number of nitrogens with zero attached hydrogens (tertiary/aromatic N) is 1. The van der Waals surface area contributed by atoms with Gasteiger partial charge in [-0.1, -0.05) is 36.4 Å². The third kappa shape index (κ3) is 2.83. The lowest BCUT2D eigenvalue weighted by Gasteiger charge is -2.35. The number of hydrogen-bond acceptors (Lipinski definition) is 3. The third-order valence-electron chi connectivity index (χ3n) is 4.20. The maximum absolute atomic E-state index is 12.0. The summed E-state index contributed by atoms with van der Waals surface area (Å²) in [6, 6.07) is 15.6. The van der Waals surface area contributed by atoms with Crippen LogP contribution in [0, 0.1) is 0 Å². The molecular formula is C18H20N2O2. The van der Waals surface area contributed by atoms with E-state index in [1.54, 1.807) is 7.11 Å². The van der Waals surface area contributed by atoms with Crippen LogP contribution in [0.25, 0.3) is 0 Å². The average molecular weight is 296 g/mol. The molecule has 114 valence electrons. The Kier molecular flexibility index (Phi) is 4.11. The van der Waals surface area contributed by atoms with E-state index in [9.17, 15) is 4.79 Å². The lowest BCUT2D eigenvalue weighted by atomic mass is 9.92. The Labute approximate surface area is 130 Å². The van der Waals surface area contributed by atoms with Gasteiger partial charge in [0.05, 0.1) is 7.11 Å². The van der Waals surface area contributed by atoms with Crippen molar-refractivity contribution in [1.82, 2.24) is 4.90 Å². The highest BCUT2D eigenvalue weighted by molar-refractivity contribution is 5.82. The number of hydrogen-bond donors (Lipinski definition) is 1. The summed E-state index contributed by atoms with van der Waals surface area (Å²) >= 11 is 0. The van der Waals surface area contributed by atoms with Crippen LogP contribution in [0.3, 0.4) is 0 Å². The van der Waals surface area contributed by atoms with E-state index in [1.165, 1.54) is 5.56 Å². The molecule has 2 N–H and O–H groups in total. The molecular weight excluding hydrogens is 276 g/mol. The van der Waals surface area contributed by atoms with Crippen LogP contribution in [0.5, 0.6) is 5.75 Å². The Balaban J connectivity index is 1.85. The molecule has 0 radical (unpaired) electrons. The Morgan fingerprint density at radius 1 is 1.23 bits per heavy atom. The van der Waals surface area contributed by atoms with Crippen molar-refractivity contribution in [2.45, 2.75) is 19.0 Å². The van der Waals surface area contributed by atoms with E-state index >= 15 is 0 Å². The van der Waals surface area contributed by atoms with Gasteiger partial charge in [-0.25, -0.2) is 0 Å². The van der Waals surface area contributed by atoms with Gasteiger partial charge in [-0.05, 0) is 35.2 Å². The minimum Gasteiger partial charge on any atom is -0.497 e. The van der Waals surface area contributed by atoms with Crippen molar-refractivity contribution in [1.29, 1.82) is 0 Å². The van der Waals surface area contributed by atoms with Crippen LogP contribution in [0.1, 0.15) is 22.7 Å². The number of primary amides is 1. The normalized spacial score (nSPS) is 17.8. The van der Waals surface area contributed by atoms with E-state index in [1.807, 2.05) is 42.5 Å². The molecule has 0 aliphatic carbocycles. The van der Waals surface area contributed by atoms with Crippen molar-refractivity contribution in [2.75, 3.05) is 13.7 Å². The van der Waals surface area contributed by atoms with Crippen molar-refractivity contribution in [3.05, 3.63) is 65.2 Å². The zero-order valence-corrected chi connectivity index (χ0v) is 12.7. The number of carbonyl (C=O) groups excluding carboxylic acids is 1. The molecule has 0 bridgehead atoms. The van der Waals surface area contributed by atoms with Gasteiger partial charge in [0.15, 0.2) is 0 Å². The quantitative estimate of drug-likeness (QED) is 0.941. The van der Waals surface area contributed by atoms with E-state index in [0.29, 0.717) is 6.54 Å². The molecule has 0 aromatic heterocycles. The molecule has 3 rings (SSSR count). The van der Waals surface area contributed by atoms with E-state index < -0.39 is 0 Å². The second-order valence-electron chi connectivity index (χ2n) is 5.57. The highest BCUT2D eigenvalue weighted by atomic mass is 16.5. The molecule has 1 atom stereocenters. The van der Waals surface area contributed by atoms with Crippen LogP contribution in [-0.4, -0.2) is 24.5 Å². The molecule has 22 heavy (non-hydrogen) atoms. The van der Waals surface area contributed by atoms with Crippen molar-refractivity contribution in [3.63, 3.8) is 0 Å². The Hall–Kier alpha value is -2.33. The van der Waals surface area contributed by atoms with E-state index in [0.717, 1.165) is 29.8 Å². The fraction of sp³-hybridized carbons (Fsp3) is 0.278. The fourth-order valence-electron chi connectivity index (χ4n) is 3.09. The molecule has 4 heteroatoms. The van der Waals surface area contributed by atoms with Crippen LogP contribution >= 0.6 is 0 Å². The Bertz CT molecular complexity index is 667. The molecule has 0 fully saturated rings. The summed E-state index contributed by atoms with van der Waals surface area (Å²) in [7, 11) is 1.65.